The molecule has 2 aliphatic rings. The minimum atomic E-state index is -3.01. The molecule has 0 spiro atoms. The van der Waals surface area contributed by atoms with Crippen LogP contribution in [0.1, 0.15) is 32.1 Å². The SMILES string of the molecule is NCC1CCCC1S(=O)(=O)CC1CCCO1. The maximum Gasteiger partial charge on any atom is 0.156 e. The van der Waals surface area contributed by atoms with Crippen molar-refractivity contribution >= 4 is 9.84 Å². The smallest absolute Gasteiger partial charge is 0.156 e. The van der Waals surface area contributed by atoms with Crippen molar-refractivity contribution in [3.05, 3.63) is 0 Å². The van der Waals surface area contributed by atoms with Crippen LogP contribution in [0, 0.1) is 5.92 Å². The molecule has 3 unspecified atom stereocenters. The van der Waals surface area contributed by atoms with E-state index in [0.717, 1.165) is 32.1 Å². The van der Waals surface area contributed by atoms with E-state index in [4.69, 9.17) is 10.5 Å². The molecule has 1 heterocycles. The predicted molar refractivity (Wildman–Crippen MR) is 62.9 cm³/mol. The molecule has 2 fully saturated rings. The first-order chi connectivity index (χ1) is 7.63. The summed E-state index contributed by atoms with van der Waals surface area (Å²) >= 11 is 0. The third kappa shape index (κ3) is 2.57. The topological polar surface area (TPSA) is 69.4 Å². The van der Waals surface area contributed by atoms with E-state index in [1.54, 1.807) is 0 Å². The summed E-state index contributed by atoms with van der Waals surface area (Å²) in [6.45, 7) is 1.21. The first kappa shape index (κ1) is 12.3. The summed E-state index contributed by atoms with van der Waals surface area (Å²) in [5, 5.41) is -0.207. The van der Waals surface area contributed by atoms with Crippen LogP contribution in [-0.4, -0.2) is 38.7 Å². The second kappa shape index (κ2) is 5.02. The zero-order valence-electron chi connectivity index (χ0n) is 9.60. The Morgan fingerprint density at radius 2 is 2.00 bits per heavy atom. The Bertz CT molecular complexity index is 322. The second-order valence-corrected chi connectivity index (χ2v) is 7.19. The van der Waals surface area contributed by atoms with Crippen LogP contribution in [0.4, 0.5) is 0 Å². The van der Waals surface area contributed by atoms with Gasteiger partial charge in [0.25, 0.3) is 0 Å². The van der Waals surface area contributed by atoms with Crippen molar-refractivity contribution in [1.29, 1.82) is 0 Å². The molecule has 1 saturated heterocycles. The van der Waals surface area contributed by atoms with Gasteiger partial charge in [0.05, 0.1) is 17.1 Å². The van der Waals surface area contributed by atoms with Crippen LogP contribution in [0.2, 0.25) is 0 Å². The highest BCUT2D eigenvalue weighted by molar-refractivity contribution is 7.92. The molecule has 0 radical (unpaired) electrons. The van der Waals surface area contributed by atoms with Gasteiger partial charge in [-0.1, -0.05) is 6.42 Å². The van der Waals surface area contributed by atoms with E-state index in [2.05, 4.69) is 0 Å². The highest BCUT2D eigenvalue weighted by atomic mass is 32.2. The number of sulfone groups is 1. The van der Waals surface area contributed by atoms with Gasteiger partial charge in [0, 0.05) is 6.61 Å². The fourth-order valence-electron chi connectivity index (χ4n) is 2.90. The Morgan fingerprint density at radius 1 is 1.19 bits per heavy atom. The second-order valence-electron chi connectivity index (χ2n) is 4.93. The normalized spacial score (nSPS) is 35.7. The molecule has 1 aliphatic heterocycles. The van der Waals surface area contributed by atoms with Gasteiger partial charge in [-0.15, -0.1) is 0 Å². The summed E-state index contributed by atoms with van der Waals surface area (Å²) in [5.74, 6) is 0.375. The third-order valence-corrected chi connectivity index (χ3v) is 6.18. The maximum absolute atomic E-state index is 12.2. The van der Waals surface area contributed by atoms with Crippen LogP contribution in [0.15, 0.2) is 0 Å². The van der Waals surface area contributed by atoms with E-state index in [0.29, 0.717) is 13.2 Å². The molecule has 0 aromatic carbocycles. The Kier molecular flexibility index (Phi) is 3.87. The summed E-state index contributed by atoms with van der Waals surface area (Å²) in [5.41, 5.74) is 5.63. The fraction of sp³-hybridized carbons (Fsp3) is 1.00. The largest absolute Gasteiger partial charge is 0.377 e. The quantitative estimate of drug-likeness (QED) is 0.794. The lowest BCUT2D eigenvalue weighted by atomic mass is 10.1. The summed E-state index contributed by atoms with van der Waals surface area (Å²) in [7, 11) is -3.01. The van der Waals surface area contributed by atoms with Gasteiger partial charge in [0.15, 0.2) is 9.84 Å². The third-order valence-electron chi connectivity index (χ3n) is 3.80. The number of ether oxygens (including phenoxy) is 1. The van der Waals surface area contributed by atoms with Gasteiger partial charge in [-0.2, -0.15) is 0 Å². The van der Waals surface area contributed by atoms with E-state index in [-0.39, 0.29) is 23.0 Å². The van der Waals surface area contributed by atoms with Crippen molar-refractivity contribution in [2.24, 2.45) is 11.7 Å². The Hall–Kier alpha value is -0.130. The molecule has 0 aromatic rings. The molecule has 0 amide bonds. The van der Waals surface area contributed by atoms with E-state index in [9.17, 15) is 8.42 Å². The van der Waals surface area contributed by atoms with E-state index >= 15 is 0 Å². The molecule has 4 nitrogen and oxygen atoms in total. The minimum absolute atomic E-state index is 0.0657. The number of hydrogen-bond donors (Lipinski definition) is 1. The first-order valence-corrected chi connectivity index (χ1v) is 7.88. The Labute approximate surface area is 97.5 Å². The molecule has 5 heteroatoms. The lowest BCUT2D eigenvalue weighted by Crippen LogP contribution is -2.35. The van der Waals surface area contributed by atoms with E-state index < -0.39 is 9.84 Å². The van der Waals surface area contributed by atoms with Gasteiger partial charge in [0.1, 0.15) is 0 Å². The zero-order chi connectivity index (χ0) is 11.6. The Morgan fingerprint density at radius 3 is 2.62 bits per heavy atom. The predicted octanol–water partition coefficient (Wildman–Crippen LogP) is 0.708. The van der Waals surface area contributed by atoms with Gasteiger partial charge >= 0.3 is 0 Å². The van der Waals surface area contributed by atoms with Gasteiger partial charge < -0.3 is 10.5 Å². The van der Waals surface area contributed by atoms with Gasteiger partial charge in [0.2, 0.25) is 0 Å². The van der Waals surface area contributed by atoms with Crippen LogP contribution >= 0.6 is 0 Å². The Balaban J connectivity index is 2.00. The van der Waals surface area contributed by atoms with Crippen LogP contribution in [-0.2, 0) is 14.6 Å². The summed E-state index contributed by atoms with van der Waals surface area (Å²) in [4.78, 5) is 0. The fourth-order valence-corrected chi connectivity index (χ4v) is 5.29. The monoisotopic (exact) mass is 247 g/mol. The molecule has 2 rings (SSSR count). The van der Waals surface area contributed by atoms with Crippen LogP contribution in [0.25, 0.3) is 0 Å². The van der Waals surface area contributed by atoms with E-state index in [1.807, 2.05) is 0 Å². The van der Waals surface area contributed by atoms with Crippen LogP contribution in [0.5, 0.6) is 0 Å². The summed E-state index contributed by atoms with van der Waals surface area (Å²) in [6.07, 6.45) is 4.56. The van der Waals surface area contributed by atoms with Gasteiger partial charge in [-0.3, -0.25) is 0 Å². The van der Waals surface area contributed by atoms with Crippen molar-refractivity contribution in [2.75, 3.05) is 18.9 Å². The summed E-state index contributed by atoms with van der Waals surface area (Å²) in [6, 6.07) is 0. The minimum Gasteiger partial charge on any atom is -0.377 e. The van der Waals surface area contributed by atoms with Crippen molar-refractivity contribution in [1.82, 2.24) is 0 Å². The molecule has 3 atom stereocenters. The highest BCUT2D eigenvalue weighted by Gasteiger charge is 2.38. The van der Waals surface area contributed by atoms with Crippen molar-refractivity contribution in [3.8, 4) is 0 Å². The van der Waals surface area contributed by atoms with Crippen molar-refractivity contribution < 1.29 is 13.2 Å². The molecule has 0 bridgehead atoms. The standard InChI is InChI=1S/C11H21NO3S/c12-7-9-3-1-5-11(9)16(13,14)8-10-4-2-6-15-10/h9-11H,1-8,12H2. The average Bonchev–Trinajstić information content (AvgIpc) is 2.85. The molecule has 2 N–H and O–H groups in total. The van der Waals surface area contributed by atoms with Gasteiger partial charge in [-0.05, 0) is 38.1 Å². The average molecular weight is 247 g/mol. The highest BCUT2D eigenvalue weighted by Crippen LogP contribution is 2.32. The number of hydrogen-bond acceptors (Lipinski definition) is 4. The lowest BCUT2D eigenvalue weighted by molar-refractivity contribution is 0.127. The molecule has 1 aliphatic carbocycles. The molecule has 94 valence electrons. The molecular formula is C11H21NO3S. The lowest BCUT2D eigenvalue weighted by Gasteiger charge is -2.20. The molecule has 1 saturated carbocycles. The van der Waals surface area contributed by atoms with Crippen LogP contribution in [0.3, 0.4) is 0 Å². The van der Waals surface area contributed by atoms with E-state index in [1.165, 1.54) is 0 Å². The molecular weight excluding hydrogens is 226 g/mol. The molecule has 0 aromatic heterocycles. The van der Waals surface area contributed by atoms with Crippen LogP contribution < -0.4 is 5.73 Å². The zero-order valence-corrected chi connectivity index (χ0v) is 10.4. The number of rotatable bonds is 4. The van der Waals surface area contributed by atoms with Crippen molar-refractivity contribution in [2.45, 2.75) is 43.5 Å². The first-order valence-electron chi connectivity index (χ1n) is 6.16. The van der Waals surface area contributed by atoms with Gasteiger partial charge in [-0.25, -0.2) is 8.42 Å². The van der Waals surface area contributed by atoms with Crippen molar-refractivity contribution in [3.63, 3.8) is 0 Å². The maximum atomic E-state index is 12.2. The summed E-state index contributed by atoms with van der Waals surface area (Å²) < 4.78 is 29.9. The number of nitrogens with two attached hydrogens (primary N) is 1. The molecule has 16 heavy (non-hydrogen) atoms.